The summed E-state index contributed by atoms with van der Waals surface area (Å²) in [4.78, 5) is 28.9. The number of nitrogens with zero attached hydrogens (tertiary/aromatic N) is 1. The summed E-state index contributed by atoms with van der Waals surface area (Å²) in [7, 11) is 0. The number of phenolic OH excluding ortho intramolecular Hbond substituents is 1. The zero-order chi connectivity index (χ0) is 26.8. The molecule has 2 fully saturated rings. The summed E-state index contributed by atoms with van der Waals surface area (Å²) in [6.45, 7) is 23.2. The summed E-state index contributed by atoms with van der Waals surface area (Å²) in [5, 5.41) is 18.1. The van der Waals surface area contributed by atoms with Crippen LogP contribution in [0.3, 0.4) is 0 Å². The Bertz CT molecular complexity index is 986. The molecule has 4 atom stereocenters. The Hall–Kier alpha value is -2.08. The number of nitrogens with one attached hydrogen (secondary N) is 2. The molecular formula is C29H47N3O3. The van der Waals surface area contributed by atoms with Crippen molar-refractivity contribution in [3.8, 4) is 5.75 Å². The van der Waals surface area contributed by atoms with Gasteiger partial charge in [0.05, 0.1) is 6.54 Å². The largest absolute Gasteiger partial charge is 0.507 e. The lowest BCUT2D eigenvalue weighted by Crippen LogP contribution is -2.74. The molecule has 2 heterocycles. The number of benzene rings is 1. The first-order valence-corrected chi connectivity index (χ1v) is 13.1. The third-order valence-corrected chi connectivity index (χ3v) is 8.79. The summed E-state index contributed by atoms with van der Waals surface area (Å²) in [6.07, 6.45) is 2.28. The average molecular weight is 486 g/mol. The van der Waals surface area contributed by atoms with E-state index in [0.717, 1.165) is 29.5 Å². The van der Waals surface area contributed by atoms with Crippen LogP contribution in [0.1, 0.15) is 112 Å². The fourth-order valence-electron chi connectivity index (χ4n) is 6.08. The number of carbonyl (C=O) groups excluding carboxylic acids is 2. The van der Waals surface area contributed by atoms with Crippen LogP contribution >= 0.6 is 0 Å². The van der Waals surface area contributed by atoms with Crippen LogP contribution in [0.5, 0.6) is 5.75 Å². The summed E-state index contributed by atoms with van der Waals surface area (Å²) in [5.41, 5.74) is 0.475. The Kier molecular flexibility index (Phi) is 6.68. The van der Waals surface area contributed by atoms with Gasteiger partial charge in [0.15, 0.2) is 0 Å². The molecule has 0 aliphatic carbocycles. The molecule has 6 nitrogen and oxygen atoms in total. The predicted molar refractivity (Wildman–Crippen MR) is 142 cm³/mol. The lowest BCUT2D eigenvalue weighted by atomic mass is 9.61. The topological polar surface area (TPSA) is 81.7 Å². The molecule has 4 unspecified atom stereocenters. The normalized spacial score (nSPS) is 31.9. The minimum absolute atomic E-state index is 0.0730. The Morgan fingerprint density at radius 1 is 1.00 bits per heavy atom. The third-order valence-electron chi connectivity index (χ3n) is 8.79. The van der Waals surface area contributed by atoms with E-state index < -0.39 is 5.54 Å². The molecule has 3 amide bonds. The van der Waals surface area contributed by atoms with E-state index in [4.69, 9.17) is 0 Å². The molecule has 3 rings (SSSR count). The fraction of sp³-hybridized carbons (Fsp3) is 0.724. The molecule has 35 heavy (non-hydrogen) atoms. The molecule has 2 saturated heterocycles. The maximum absolute atomic E-state index is 14.1. The van der Waals surface area contributed by atoms with E-state index in [1.165, 1.54) is 4.90 Å². The third kappa shape index (κ3) is 4.59. The van der Waals surface area contributed by atoms with Crippen molar-refractivity contribution in [2.45, 2.75) is 129 Å². The van der Waals surface area contributed by atoms with Crippen molar-refractivity contribution in [1.82, 2.24) is 15.5 Å². The summed E-state index contributed by atoms with van der Waals surface area (Å²) < 4.78 is 0. The van der Waals surface area contributed by atoms with Crippen molar-refractivity contribution in [2.75, 3.05) is 0 Å². The van der Waals surface area contributed by atoms with Gasteiger partial charge in [0.2, 0.25) is 0 Å². The van der Waals surface area contributed by atoms with E-state index in [1.807, 2.05) is 12.1 Å². The smallest absolute Gasteiger partial charge is 0.325 e. The van der Waals surface area contributed by atoms with Gasteiger partial charge in [0, 0.05) is 17.0 Å². The molecule has 1 aromatic rings. The average Bonchev–Trinajstić information content (AvgIpc) is 2.96. The first kappa shape index (κ1) is 27.5. The number of imide groups is 1. The highest BCUT2D eigenvalue weighted by Crippen LogP contribution is 2.47. The van der Waals surface area contributed by atoms with Crippen molar-refractivity contribution < 1.29 is 14.7 Å². The number of phenols is 1. The quantitative estimate of drug-likeness (QED) is 0.475. The highest BCUT2D eigenvalue weighted by molar-refractivity contribution is 6.07. The predicted octanol–water partition coefficient (Wildman–Crippen LogP) is 5.74. The van der Waals surface area contributed by atoms with E-state index in [0.29, 0.717) is 12.2 Å². The number of carbonyl (C=O) groups is 2. The van der Waals surface area contributed by atoms with Crippen LogP contribution in [0.4, 0.5) is 4.79 Å². The molecule has 6 heteroatoms. The van der Waals surface area contributed by atoms with Gasteiger partial charge in [-0.15, -0.1) is 0 Å². The minimum Gasteiger partial charge on any atom is -0.507 e. The molecule has 0 aromatic heterocycles. The van der Waals surface area contributed by atoms with Gasteiger partial charge in [0.1, 0.15) is 11.3 Å². The Morgan fingerprint density at radius 2 is 1.51 bits per heavy atom. The van der Waals surface area contributed by atoms with Gasteiger partial charge in [-0.2, -0.15) is 0 Å². The van der Waals surface area contributed by atoms with Gasteiger partial charge >= 0.3 is 6.03 Å². The van der Waals surface area contributed by atoms with Crippen LogP contribution in [0, 0.1) is 5.92 Å². The van der Waals surface area contributed by atoms with Crippen molar-refractivity contribution in [3.05, 3.63) is 28.8 Å². The summed E-state index contributed by atoms with van der Waals surface area (Å²) in [5.74, 6) is 0.0847. The van der Waals surface area contributed by atoms with Gasteiger partial charge in [-0.05, 0) is 72.8 Å². The number of amides is 3. The SMILES string of the molecule is CCC1(C)CC2(NC(=O)N(Cc3cc(C(C)(C)C)c(O)c(C(C)(C)C)c3)C2=O)C(C)C(C)(CC)N1. The number of piperidine rings is 1. The van der Waals surface area contributed by atoms with Crippen molar-refractivity contribution in [3.63, 3.8) is 0 Å². The van der Waals surface area contributed by atoms with Gasteiger partial charge in [-0.3, -0.25) is 9.69 Å². The van der Waals surface area contributed by atoms with Crippen LogP contribution < -0.4 is 10.6 Å². The fourth-order valence-corrected chi connectivity index (χ4v) is 6.08. The molecule has 196 valence electrons. The van der Waals surface area contributed by atoms with Crippen LogP contribution in [-0.2, 0) is 22.2 Å². The summed E-state index contributed by atoms with van der Waals surface area (Å²) in [6, 6.07) is 3.58. The Morgan fingerprint density at radius 3 is 1.94 bits per heavy atom. The molecule has 1 aromatic carbocycles. The van der Waals surface area contributed by atoms with E-state index >= 15 is 0 Å². The molecule has 2 aliphatic rings. The van der Waals surface area contributed by atoms with Crippen molar-refractivity contribution in [2.24, 2.45) is 5.92 Å². The number of aromatic hydroxyl groups is 1. The second kappa shape index (κ2) is 8.50. The first-order chi connectivity index (χ1) is 15.8. The molecule has 1 spiro atoms. The zero-order valence-electron chi connectivity index (χ0n) is 23.8. The highest BCUT2D eigenvalue weighted by atomic mass is 16.3. The van der Waals surface area contributed by atoms with Gasteiger partial charge in [-0.25, -0.2) is 4.79 Å². The molecular weight excluding hydrogens is 438 g/mol. The van der Waals surface area contributed by atoms with Crippen LogP contribution in [0.25, 0.3) is 0 Å². The molecule has 3 N–H and O–H groups in total. The Labute approximate surface area is 212 Å². The molecule has 2 aliphatic heterocycles. The van der Waals surface area contributed by atoms with E-state index in [2.05, 4.69) is 86.8 Å². The Balaban J connectivity index is 2.06. The van der Waals surface area contributed by atoms with Crippen LogP contribution in [-0.4, -0.2) is 38.6 Å². The van der Waals surface area contributed by atoms with E-state index in [-0.39, 0.29) is 46.3 Å². The minimum atomic E-state index is -0.936. The van der Waals surface area contributed by atoms with Gasteiger partial charge in [0.25, 0.3) is 5.91 Å². The maximum Gasteiger partial charge on any atom is 0.325 e. The maximum atomic E-state index is 14.1. The van der Waals surface area contributed by atoms with Crippen molar-refractivity contribution >= 4 is 11.9 Å². The van der Waals surface area contributed by atoms with Gasteiger partial charge in [-0.1, -0.05) is 62.3 Å². The molecule has 0 saturated carbocycles. The first-order valence-electron chi connectivity index (χ1n) is 13.1. The second-order valence-electron chi connectivity index (χ2n) is 13.5. The van der Waals surface area contributed by atoms with Crippen LogP contribution in [0.2, 0.25) is 0 Å². The second-order valence-corrected chi connectivity index (χ2v) is 13.5. The number of hydrogen-bond acceptors (Lipinski definition) is 4. The summed E-state index contributed by atoms with van der Waals surface area (Å²) >= 11 is 0. The lowest BCUT2D eigenvalue weighted by Gasteiger charge is -2.56. The highest BCUT2D eigenvalue weighted by Gasteiger charge is 2.63. The van der Waals surface area contributed by atoms with Gasteiger partial charge < -0.3 is 15.7 Å². The number of rotatable bonds is 4. The number of hydrogen-bond donors (Lipinski definition) is 3. The lowest BCUT2D eigenvalue weighted by molar-refractivity contribution is -0.139. The zero-order valence-corrected chi connectivity index (χ0v) is 23.8. The monoisotopic (exact) mass is 485 g/mol. The molecule has 0 bridgehead atoms. The van der Waals surface area contributed by atoms with Crippen LogP contribution in [0.15, 0.2) is 12.1 Å². The number of urea groups is 1. The van der Waals surface area contributed by atoms with Crippen molar-refractivity contribution in [1.29, 1.82) is 0 Å². The standard InChI is InChI=1S/C29H47N3O3/c1-12-27(10)17-29(18(3)28(11,13-2)31-27)23(34)32(24(35)30-29)16-19-14-20(25(4,5)6)22(33)21(15-19)26(7,8)9/h14-15,18,31,33H,12-13,16-17H2,1-11H3,(H,30,35). The van der Waals surface area contributed by atoms with E-state index in [1.54, 1.807) is 0 Å². The molecule has 0 radical (unpaired) electrons. The van der Waals surface area contributed by atoms with E-state index in [9.17, 15) is 14.7 Å².